The SMILES string of the molecule is Cl.N=C(N)c1ccc(C2CCN(C(=O)NC3CCC(C(=O)OCC(=O)N4CCCCC4)CC3)CC2)cc1. The third kappa shape index (κ3) is 7.84. The Labute approximate surface area is 225 Å². The first-order valence-corrected chi connectivity index (χ1v) is 13.3. The van der Waals surface area contributed by atoms with Crippen LogP contribution in [0.2, 0.25) is 0 Å². The van der Waals surface area contributed by atoms with Crippen LogP contribution >= 0.6 is 12.4 Å². The van der Waals surface area contributed by atoms with Crippen LogP contribution in [0.1, 0.15) is 74.8 Å². The highest BCUT2D eigenvalue weighted by atomic mass is 35.5. The van der Waals surface area contributed by atoms with Gasteiger partial charge in [-0.2, -0.15) is 0 Å². The molecule has 2 heterocycles. The maximum atomic E-state index is 12.8. The summed E-state index contributed by atoms with van der Waals surface area (Å²) in [7, 11) is 0. The van der Waals surface area contributed by atoms with E-state index in [0.29, 0.717) is 31.8 Å². The van der Waals surface area contributed by atoms with Crippen molar-refractivity contribution in [2.45, 2.75) is 69.7 Å². The summed E-state index contributed by atoms with van der Waals surface area (Å²) in [6.07, 6.45) is 7.81. The van der Waals surface area contributed by atoms with Gasteiger partial charge in [0.15, 0.2) is 6.61 Å². The summed E-state index contributed by atoms with van der Waals surface area (Å²) >= 11 is 0. The van der Waals surface area contributed by atoms with Gasteiger partial charge in [-0.1, -0.05) is 24.3 Å². The highest BCUT2D eigenvalue weighted by molar-refractivity contribution is 5.94. The number of urea groups is 1. The third-order valence-corrected chi connectivity index (χ3v) is 7.91. The minimum atomic E-state index is -0.288. The number of carbonyl (C=O) groups excluding carboxylic acids is 3. The molecule has 0 aromatic heterocycles. The summed E-state index contributed by atoms with van der Waals surface area (Å²) in [5, 5.41) is 10.7. The van der Waals surface area contributed by atoms with E-state index < -0.39 is 0 Å². The molecule has 3 aliphatic rings. The predicted octanol–water partition coefficient (Wildman–Crippen LogP) is 3.40. The van der Waals surface area contributed by atoms with Gasteiger partial charge in [0.2, 0.25) is 0 Å². The molecular weight excluding hydrogens is 494 g/mol. The molecule has 37 heavy (non-hydrogen) atoms. The Kier molecular flexibility index (Phi) is 10.6. The van der Waals surface area contributed by atoms with E-state index in [1.807, 2.05) is 29.2 Å². The van der Waals surface area contributed by atoms with E-state index in [2.05, 4.69) is 5.32 Å². The number of piperidine rings is 2. The topological polar surface area (TPSA) is 129 Å². The lowest BCUT2D eigenvalue weighted by molar-refractivity contribution is -0.156. The molecule has 0 unspecified atom stereocenters. The van der Waals surface area contributed by atoms with Gasteiger partial charge < -0.3 is 25.6 Å². The van der Waals surface area contributed by atoms with Crippen molar-refractivity contribution in [3.63, 3.8) is 0 Å². The molecule has 4 N–H and O–H groups in total. The molecule has 0 radical (unpaired) electrons. The highest BCUT2D eigenvalue weighted by Gasteiger charge is 2.31. The van der Waals surface area contributed by atoms with Gasteiger partial charge in [0.1, 0.15) is 5.84 Å². The van der Waals surface area contributed by atoms with Crippen LogP contribution in [0, 0.1) is 11.3 Å². The summed E-state index contributed by atoms with van der Waals surface area (Å²) < 4.78 is 5.33. The number of nitrogen functional groups attached to an aromatic ring is 1. The Hall–Kier alpha value is -2.81. The van der Waals surface area contributed by atoms with Gasteiger partial charge in [-0.05, 0) is 69.3 Å². The smallest absolute Gasteiger partial charge is 0.317 e. The highest BCUT2D eigenvalue weighted by Crippen LogP contribution is 2.29. The fraction of sp³-hybridized carbons (Fsp3) is 0.630. The average Bonchev–Trinajstić information content (AvgIpc) is 2.92. The van der Waals surface area contributed by atoms with Gasteiger partial charge in [-0.15, -0.1) is 12.4 Å². The molecule has 10 heteroatoms. The van der Waals surface area contributed by atoms with Crippen molar-refractivity contribution in [1.82, 2.24) is 15.1 Å². The van der Waals surface area contributed by atoms with Crippen molar-refractivity contribution in [1.29, 1.82) is 5.41 Å². The molecule has 3 fully saturated rings. The number of carbonyl (C=O) groups is 3. The first-order valence-electron chi connectivity index (χ1n) is 13.3. The van der Waals surface area contributed by atoms with Crippen LogP contribution < -0.4 is 11.1 Å². The maximum Gasteiger partial charge on any atom is 0.317 e. The van der Waals surface area contributed by atoms with Crippen LogP contribution in [0.3, 0.4) is 0 Å². The molecule has 1 aromatic rings. The van der Waals surface area contributed by atoms with Crippen LogP contribution in [0.15, 0.2) is 24.3 Å². The number of esters is 1. The van der Waals surface area contributed by atoms with E-state index in [1.54, 1.807) is 4.90 Å². The fourth-order valence-corrected chi connectivity index (χ4v) is 5.58. The molecule has 4 rings (SSSR count). The lowest BCUT2D eigenvalue weighted by atomic mass is 9.86. The maximum absolute atomic E-state index is 12.8. The Morgan fingerprint density at radius 3 is 2.11 bits per heavy atom. The Balaban J connectivity index is 0.00000380. The van der Waals surface area contributed by atoms with Gasteiger partial charge in [0, 0.05) is 37.8 Å². The second-order valence-corrected chi connectivity index (χ2v) is 10.3. The summed E-state index contributed by atoms with van der Waals surface area (Å²) in [6, 6.07) is 7.87. The monoisotopic (exact) mass is 533 g/mol. The summed E-state index contributed by atoms with van der Waals surface area (Å²) in [4.78, 5) is 41.2. The second kappa shape index (κ2) is 13.7. The van der Waals surface area contributed by atoms with Crippen LogP contribution in [-0.4, -0.2) is 72.4 Å². The number of likely N-dealkylation sites (tertiary alicyclic amines) is 2. The zero-order valence-electron chi connectivity index (χ0n) is 21.5. The van der Waals surface area contributed by atoms with Crippen molar-refractivity contribution in [3.05, 3.63) is 35.4 Å². The standard InChI is InChI=1S/C27H39N5O4.ClH/c28-25(29)21-6-4-19(5-7-21)20-12-16-32(17-13-20)27(35)30-23-10-8-22(9-11-23)26(34)36-18-24(33)31-14-2-1-3-15-31;/h4-7,20,22-23H,1-3,8-18H2,(H3,28,29)(H,30,35);1H. The number of hydrogen-bond acceptors (Lipinski definition) is 5. The van der Waals surface area contributed by atoms with E-state index in [4.69, 9.17) is 15.9 Å². The minimum absolute atomic E-state index is 0. The van der Waals surface area contributed by atoms with Gasteiger partial charge in [-0.3, -0.25) is 15.0 Å². The summed E-state index contributed by atoms with van der Waals surface area (Å²) in [5.74, 6) is -0.109. The van der Waals surface area contributed by atoms with Crippen molar-refractivity contribution in [2.75, 3.05) is 32.8 Å². The normalized spacial score (nSPS) is 22.5. The molecule has 3 amide bonds. The van der Waals surface area contributed by atoms with Crippen molar-refractivity contribution in [3.8, 4) is 0 Å². The molecule has 0 atom stereocenters. The van der Waals surface area contributed by atoms with Crippen LogP contribution in [0.4, 0.5) is 4.79 Å². The second-order valence-electron chi connectivity index (χ2n) is 10.3. The van der Waals surface area contributed by atoms with Crippen molar-refractivity contribution in [2.24, 2.45) is 11.7 Å². The van der Waals surface area contributed by atoms with E-state index in [1.165, 1.54) is 5.56 Å². The van der Waals surface area contributed by atoms with E-state index in [0.717, 1.165) is 63.6 Å². The molecule has 204 valence electrons. The zero-order chi connectivity index (χ0) is 25.5. The largest absolute Gasteiger partial charge is 0.455 e. The Morgan fingerprint density at radius 1 is 0.892 bits per heavy atom. The lowest BCUT2D eigenvalue weighted by Gasteiger charge is -2.35. The Bertz CT molecular complexity index is 935. The lowest BCUT2D eigenvalue weighted by Crippen LogP contribution is -2.48. The molecule has 2 saturated heterocycles. The number of ether oxygens (including phenoxy) is 1. The summed E-state index contributed by atoms with van der Waals surface area (Å²) in [5.41, 5.74) is 7.49. The van der Waals surface area contributed by atoms with E-state index >= 15 is 0 Å². The van der Waals surface area contributed by atoms with Gasteiger partial charge >= 0.3 is 12.0 Å². The molecular formula is C27H40ClN5O4. The quantitative estimate of drug-likeness (QED) is 0.293. The number of nitrogens with one attached hydrogen (secondary N) is 2. The number of benzene rings is 1. The number of nitrogens with two attached hydrogens (primary N) is 1. The van der Waals surface area contributed by atoms with Crippen LogP contribution in [0.5, 0.6) is 0 Å². The number of amidine groups is 1. The molecule has 0 spiro atoms. The van der Waals surface area contributed by atoms with Crippen molar-refractivity contribution < 1.29 is 19.1 Å². The molecule has 0 bridgehead atoms. The van der Waals surface area contributed by atoms with E-state index in [-0.39, 0.29) is 54.7 Å². The number of amides is 3. The first-order chi connectivity index (χ1) is 17.4. The number of nitrogens with zero attached hydrogens (tertiary/aromatic N) is 2. The van der Waals surface area contributed by atoms with Crippen molar-refractivity contribution >= 4 is 36.2 Å². The third-order valence-electron chi connectivity index (χ3n) is 7.91. The van der Waals surface area contributed by atoms with Gasteiger partial charge in [0.05, 0.1) is 5.92 Å². The molecule has 1 aliphatic carbocycles. The zero-order valence-corrected chi connectivity index (χ0v) is 22.3. The average molecular weight is 534 g/mol. The number of rotatable bonds is 6. The van der Waals surface area contributed by atoms with Gasteiger partial charge in [0.25, 0.3) is 5.91 Å². The van der Waals surface area contributed by atoms with Crippen LogP contribution in [0.25, 0.3) is 0 Å². The molecule has 1 aromatic carbocycles. The summed E-state index contributed by atoms with van der Waals surface area (Å²) in [6.45, 7) is 2.77. The molecule has 1 saturated carbocycles. The number of hydrogen-bond donors (Lipinski definition) is 3. The number of halogens is 1. The van der Waals surface area contributed by atoms with E-state index in [9.17, 15) is 14.4 Å². The fourth-order valence-electron chi connectivity index (χ4n) is 5.58. The minimum Gasteiger partial charge on any atom is -0.455 e. The van der Waals surface area contributed by atoms with Crippen LogP contribution in [-0.2, 0) is 14.3 Å². The first kappa shape index (κ1) is 28.8. The van der Waals surface area contributed by atoms with Gasteiger partial charge in [-0.25, -0.2) is 4.79 Å². The molecule has 9 nitrogen and oxygen atoms in total. The Morgan fingerprint density at radius 2 is 1.51 bits per heavy atom. The molecule has 2 aliphatic heterocycles. The predicted molar refractivity (Wildman–Crippen MR) is 144 cm³/mol.